The molecular formula is C16H31N7O7S. The summed E-state index contributed by atoms with van der Waals surface area (Å²) in [6.07, 6.45) is -0.887. The van der Waals surface area contributed by atoms with Crippen molar-refractivity contribution in [1.82, 2.24) is 16.0 Å². The minimum Gasteiger partial charge on any atom is -0.480 e. The molecule has 0 aromatic rings. The van der Waals surface area contributed by atoms with E-state index < -0.39 is 60.6 Å². The van der Waals surface area contributed by atoms with Crippen LogP contribution in [-0.2, 0) is 19.2 Å². The van der Waals surface area contributed by atoms with Crippen LogP contribution < -0.4 is 33.2 Å². The lowest BCUT2D eigenvalue weighted by Crippen LogP contribution is -2.59. The van der Waals surface area contributed by atoms with Crippen molar-refractivity contribution < 1.29 is 34.5 Å². The van der Waals surface area contributed by atoms with Crippen molar-refractivity contribution in [3.63, 3.8) is 0 Å². The third-order valence-electron chi connectivity index (χ3n) is 4.01. The number of nitrogens with zero attached hydrogens (tertiary/aromatic N) is 1. The zero-order chi connectivity index (χ0) is 24.1. The van der Waals surface area contributed by atoms with E-state index in [0.29, 0.717) is 0 Å². The predicted molar refractivity (Wildman–Crippen MR) is 114 cm³/mol. The first kappa shape index (κ1) is 28.4. The molecule has 0 bridgehead atoms. The first-order chi connectivity index (χ1) is 14.4. The zero-order valence-electron chi connectivity index (χ0n) is 17.0. The van der Waals surface area contributed by atoms with Gasteiger partial charge in [-0.25, -0.2) is 4.79 Å². The molecule has 3 amide bonds. The Labute approximate surface area is 184 Å². The summed E-state index contributed by atoms with van der Waals surface area (Å²) in [6.45, 7) is 0.611. The van der Waals surface area contributed by atoms with Crippen LogP contribution in [0.4, 0.5) is 0 Å². The van der Waals surface area contributed by atoms with Gasteiger partial charge in [0.1, 0.15) is 24.2 Å². The molecular weight excluding hydrogens is 434 g/mol. The number of aliphatic hydroxyl groups is 2. The molecule has 12 N–H and O–H groups in total. The van der Waals surface area contributed by atoms with Gasteiger partial charge >= 0.3 is 5.97 Å². The second kappa shape index (κ2) is 14.4. The van der Waals surface area contributed by atoms with E-state index in [1.165, 1.54) is 6.92 Å². The number of carboxylic acid groups (broad SMARTS) is 1. The smallest absolute Gasteiger partial charge is 0.327 e. The van der Waals surface area contributed by atoms with Crippen molar-refractivity contribution in [2.45, 2.75) is 50.0 Å². The first-order valence-corrected chi connectivity index (χ1v) is 9.92. The molecule has 0 radical (unpaired) electrons. The van der Waals surface area contributed by atoms with Gasteiger partial charge in [-0.1, -0.05) is 0 Å². The molecule has 31 heavy (non-hydrogen) atoms. The van der Waals surface area contributed by atoms with Crippen molar-refractivity contribution in [3.8, 4) is 0 Å². The lowest BCUT2D eigenvalue weighted by atomic mass is 10.1. The number of aliphatic carboxylic acids is 1. The van der Waals surface area contributed by atoms with Crippen LogP contribution in [0, 0.1) is 0 Å². The third kappa shape index (κ3) is 10.8. The Hall–Kier alpha value is -2.62. The van der Waals surface area contributed by atoms with Crippen LogP contribution in [0.2, 0.25) is 0 Å². The van der Waals surface area contributed by atoms with E-state index in [-0.39, 0.29) is 31.1 Å². The number of guanidine groups is 1. The summed E-state index contributed by atoms with van der Waals surface area (Å²) in [6, 6.07) is -5.33. The number of carbonyl (C=O) groups is 4. The molecule has 0 aromatic heterocycles. The topological polar surface area (TPSA) is 255 Å². The summed E-state index contributed by atoms with van der Waals surface area (Å²) < 4.78 is 0. The Bertz CT molecular complexity index is 658. The lowest BCUT2D eigenvalue weighted by molar-refractivity contribution is -0.142. The number of hydrogen-bond donors (Lipinski definition) is 10. The zero-order valence-corrected chi connectivity index (χ0v) is 17.9. The van der Waals surface area contributed by atoms with Crippen LogP contribution in [0.1, 0.15) is 19.8 Å². The summed E-state index contributed by atoms with van der Waals surface area (Å²) >= 11 is 3.81. The Morgan fingerprint density at radius 2 is 1.52 bits per heavy atom. The van der Waals surface area contributed by atoms with Crippen molar-refractivity contribution in [3.05, 3.63) is 0 Å². The molecule has 5 atom stereocenters. The highest BCUT2D eigenvalue weighted by atomic mass is 32.1. The fourth-order valence-corrected chi connectivity index (χ4v) is 2.43. The summed E-state index contributed by atoms with van der Waals surface area (Å²) in [5.74, 6) is -4.33. The Morgan fingerprint density at radius 3 is 1.97 bits per heavy atom. The highest BCUT2D eigenvalue weighted by Gasteiger charge is 2.30. The highest BCUT2D eigenvalue weighted by Crippen LogP contribution is 2.02. The number of carbonyl (C=O) groups excluding carboxylic acids is 3. The van der Waals surface area contributed by atoms with Crippen LogP contribution in [0.5, 0.6) is 0 Å². The molecule has 0 heterocycles. The van der Waals surface area contributed by atoms with Crippen molar-refractivity contribution >= 4 is 42.3 Å². The second-order valence-electron chi connectivity index (χ2n) is 6.60. The summed E-state index contributed by atoms with van der Waals surface area (Å²) in [7, 11) is 0. The molecule has 15 heteroatoms. The van der Waals surface area contributed by atoms with Crippen LogP contribution in [0.3, 0.4) is 0 Å². The van der Waals surface area contributed by atoms with E-state index in [1.807, 2.05) is 0 Å². The predicted octanol–water partition coefficient (Wildman–Crippen LogP) is -4.79. The summed E-state index contributed by atoms with van der Waals surface area (Å²) in [5.41, 5.74) is 16.0. The van der Waals surface area contributed by atoms with Gasteiger partial charge in [0.2, 0.25) is 17.7 Å². The summed E-state index contributed by atoms with van der Waals surface area (Å²) in [4.78, 5) is 51.7. The molecule has 0 fully saturated rings. The molecule has 0 saturated carbocycles. The van der Waals surface area contributed by atoms with E-state index in [1.54, 1.807) is 0 Å². The first-order valence-electron chi connectivity index (χ1n) is 9.29. The van der Waals surface area contributed by atoms with E-state index in [9.17, 15) is 29.4 Å². The van der Waals surface area contributed by atoms with Gasteiger partial charge in [0.25, 0.3) is 0 Å². The molecule has 0 saturated heterocycles. The Balaban J connectivity index is 5.27. The molecule has 0 aliphatic carbocycles. The molecule has 0 aromatic carbocycles. The van der Waals surface area contributed by atoms with Gasteiger partial charge in [-0.15, -0.1) is 0 Å². The van der Waals surface area contributed by atoms with Crippen molar-refractivity contribution in [1.29, 1.82) is 0 Å². The third-order valence-corrected chi connectivity index (χ3v) is 4.38. The maximum atomic E-state index is 12.6. The van der Waals surface area contributed by atoms with Crippen LogP contribution >= 0.6 is 12.6 Å². The van der Waals surface area contributed by atoms with Crippen molar-refractivity contribution in [2.24, 2.45) is 22.2 Å². The molecule has 0 spiro atoms. The fourth-order valence-electron chi connectivity index (χ4n) is 2.18. The van der Waals surface area contributed by atoms with Gasteiger partial charge in [-0.2, -0.15) is 12.6 Å². The average Bonchev–Trinajstić information content (AvgIpc) is 2.70. The highest BCUT2D eigenvalue weighted by molar-refractivity contribution is 7.80. The Morgan fingerprint density at radius 1 is 1.00 bits per heavy atom. The normalized spacial score (nSPS) is 15.5. The molecule has 178 valence electrons. The number of amides is 3. The monoisotopic (exact) mass is 465 g/mol. The molecule has 0 aliphatic heterocycles. The fraction of sp³-hybridized carbons (Fsp3) is 0.688. The minimum atomic E-state index is -1.49. The standard InChI is InChI=1S/C16H31N7O7S/c1-7(25)11(17)14(28)21-8(3-2-4-20-16(18)19)12(26)22-9(5-24)13(27)23-10(6-31)15(29)30/h7-11,24-25,31H,2-6,17H2,1H3,(H,21,28)(H,22,26)(H,23,27)(H,29,30)(H4,18,19,20). The van der Waals surface area contributed by atoms with Crippen LogP contribution in [0.15, 0.2) is 4.99 Å². The quantitative estimate of drug-likeness (QED) is 0.0506. The van der Waals surface area contributed by atoms with Gasteiger partial charge < -0.3 is 48.5 Å². The number of thiol groups is 1. The van der Waals surface area contributed by atoms with Crippen molar-refractivity contribution in [2.75, 3.05) is 18.9 Å². The number of aliphatic imine (C=N–C) groups is 1. The molecule has 14 nitrogen and oxygen atoms in total. The largest absolute Gasteiger partial charge is 0.480 e. The van der Waals surface area contributed by atoms with Gasteiger partial charge in [-0.05, 0) is 19.8 Å². The van der Waals surface area contributed by atoms with Gasteiger partial charge in [0.05, 0.1) is 12.7 Å². The number of rotatable bonds is 14. The molecule has 5 unspecified atom stereocenters. The molecule has 0 aliphatic rings. The average molecular weight is 466 g/mol. The SMILES string of the molecule is CC(O)C(N)C(=O)NC(CCCN=C(N)N)C(=O)NC(CO)C(=O)NC(CS)C(=O)O. The van der Waals surface area contributed by atoms with Crippen LogP contribution in [-0.4, -0.2) is 94.1 Å². The second-order valence-corrected chi connectivity index (χ2v) is 6.97. The van der Waals surface area contributed by atoms with Crippen LogP contribution in [0.25, 0.3) is 0 Å². The number of nitrogens with two attached hydrogens (primary N) is 3. The summed E-state index contributed by atoms with van der Waals surface area (Å²) in [5, 5.41) is 34.6. The van der Waals surface area contributed by atoms with E-state index in [4.69, 9.17) is 22.3 Å². The minimum absolute atomic E-state index is 0.0367. The molecule has 0 rings (SSSR count). The number of nitrogens with one attached hydrogen (secondary N) is 3. The Kier molecular flexibility index (Phi) is 13.2. The maximum Gasteiger partial charge on any atom is 0.327 e. The van der Waals surface area contributed by atoms with E-state index >= 15 is 0 Å². The number of aliphatic hydroxyl groups excluding tert-OH is 2. The number of hydrogen-bond acceptors (Lipinski definition) is 9. The lowest BCUT2D eigenvalue weighted by Gasteiger charge is -2.24. The van der Waals surface area contributed by atoms with E-state index in [0.717, 1.165) is 0 Å². The van der Waals surface area contributed by atoms with Gasteiger partial charge in [-0.3, -0.25) is 19.4 Å². The van der Waals surface area contributed by atoms with Gasteiger partial charge in [0.15, 0.2) is 5.96 Å². The van der Waals surface area contributed by atoms with Gasteiger partial charge in [0, 0.05) is 12.3 Å². The van der Waals surface area contributed by atoms with E-state index in [2.05, 4.69) is 33.6 Å². The maximum absolute atomic E-state index is 12.6. The number of carboxylic acids is 1.